The molecule has 2 nitrogen and oxygen atoms in total. The lowest BCUT2D eigenvalue weighted by molar-refractivity contribution is -0.0511. The Kier molecular flexibility index (Phi) is 3.54. The van der Waals surface area contributed by atoms with Gasteiger partial charge in [0.25, 0.3) is 0 Å². The molecule has 2 N–H and O–H groups in total. The predicted octanol–water partition coefficient (Wildman–Crippen LogP) is 4.46. The number of nitrogens with two attached hydrogens (primary N) is 1. The Labute approximate surface area is 115 Å². The van der Waals surface area contributed by atoms with Crippen LogP contribution in [-0.4, -0.2) is 6.61 Å². The fraction of sp³-hybridized carbons (Fsp3) is 0.333. The van der Waals surface area contributed by atoms with Crippen molar-refractivity contribution in [1.29, 1.82) is 0 Å². The summed E-state index contributed by atoms with van der Waals surface area (Å²) in [5, 5.41) is 0.916. The number of fused-ring (bicyclic) bond motifs is 1. The van der Waals surface area contributed by atoms with E-state index in [2.05, 4.69) is 4.74 Å². The van der Waals surface area contributed by atoms with Gasteiger partial charge in [0.2, 0.25) is 0 Å². The second-order valence-corrected chi connectivity index (χ2v) is 5.67. The third kappa shape index (κ3) is 2.66. The molecule has 0 fully saturated rings. The van der Waals surface area contributed by atoms with Crippen molar-refractivity contribution < 1.29 is 17.9 Å². The highest BCUT2D eigenvalue weighted by Gasteiger charge is 2.23. The lowest BCUT2D eigenvalue weighted by Gasteiger charge is -2.23. The van der Waals surface area contributed by atoms with E-state index in [0.29, 0.717) is 22.0 Å². The summed E-state index contributed by atoms with van der Waals surface area (Å²) in [4.78, 5) is 0. The van der Waals surface area contributed by atoms with E-state index in [1.807, 2.05) is 20.8 Å². The van der Waals surface area contributed by atoms with E-state index in [-0.39, 0.29) is 5.41 Å². The van der Waals surface area contributed by atoms with Crippen LogP contribution in [0.5, 0.6) is 5.75 Å². The van der Waals surface area contributed by atoms with Crippen LogP contribution in [0.15, 0.2) is 24.3 Å². The average molecular weight is 283 g/mol. The third-order valence-corrected chi connectivity index (χ3v) is 3.06. The molecule has 0 radical (unpaired) electrons. The maximum absolute atomic E-state index is 13.9. The molecular weight excluding hydrogens is 267 g/mol. The monoisotopic (exact) mass is 283 g/mol. The molecule has 0 aliphatic rings. The highest BCUT2D eigenvalue weighted by atomic mass is 19.3. The molecule has 108 valence electrons. The van der Waals surface area contributed by atoms with Crippen LogP contribution in [0.25, 0.3) is 10.8 Å². The summed E-state index contributed by atoms with van der Waals surface area (Å²) in [5.74, 6) is -1.24. The summed E-state index contributed by atoms with van der Waals surface area (Å²) in [6.45, 7) is 2.62. The van der Waals surface area contributed by atoms with Gasteiger partial charge >= 0.3 is 6.61 Å². The second-order valence-electron chi connectivity index (χ2n) is 5.67. The van der Waals surface area contributed by atoms with Gasteiger partial charge in [-0.25, -0.2) is 4.39 Å². The molecule has 0 unspecified atom stereocenters. The molecule has 2 rings (SSSR count). The number of halogens is 3. The van der Waals surface area contributed by atoms with Crippen molar-refractivity contribution in [3.63, 3.8) is 0 Å². The quantitative estimate of drug-likeness (QED) is 0.826. The Morgan fingerprint density at radius 2 is 1.80 bits per heavy atom. The van der Waals surface area contributed by atoms with Gasteiger partial charge in [0.15, 0.2) is 11.6 Å². The lowest BCUT2D eigenvalue weighted by Crippen LogP contribution is -2.14. The SMILES string of the molecule is CC(C)(C)c1cc(N)cc2ccc(F)c(OC(F)F)c12. The van der Waals surface area contributed by atoms with Crippen molar-refractivity contribution in [3.8, 4) is 5.75 Å². The Morgan fingerprint density at radius 3 is 2.35 bits per heavy atom. The molecule has 5 heteroatoms. The summed E-state index contributed by atoms with van der Waals surface area (Å²) in [7, 11) is 0. The molecule has 0 aliphatic carbocycles. The summed E-state index contributed by atoms with van der Waals surface area (Å²) in [5.41, 5.74) is 6.61. The van der Waals surface area contributed by atoms with Gasteiger partial charge in [0.05, 0.1) is 0 Å². The van der Waals surface area contributed by atoms with Crippen LogP contribution in [0.3, 0.4) is 0 Å². The molecule has 0 spiro atoms. The minimum Gasteiger partial charge on any atom is -0.431 e. The summed E-state index contributed by atoms with van der Waals surface area (Å²) in [6, 6.07) is 5.89. The Bertz CT molecular complexity index is 648. The van der Waals surface area contributed by atoms with Gasteiger partial charge in [0.1, 0.15) is 0 Å². The van der Waals surface area contributed by atoms with E-state index in [9.17, 15) is 13.2 Å². The molecule has 0 aromatic heterocycles. The molecule has 0 bridgehead atoms. The van der Waals surface area contributed by atoms with Crippen molar-refractivity contribution in [1.82, 2.24) is 0 Å². The summed E-state index contributed by atoms with van der Waals surface area (Å²) in [6.07, 6.45) is 0. The maximum atomic E-state index is 13.9. The normalized spacial score (nSPS) is 12.2. The second kappa shape index (κ2) is 4.89. The number of hydrogen-bond acceptors (Lipinski definition) is 2. The van der Waals surface area contributed by atoms with Crippen LogP contribution in [-0.2, 0) is 5.41 Å². The number of benzene rings is 2. The standard InChI is InChI=1S/C15H16F3NO/c1-15(2,3)10-7-9(19)6-8-4-5-11(16)13(12(8)10)20-14(17)18/h4-7,14H,19H2,1-3H3. The molecule has 2 aromatic carbocycles. The van der Waals surface area contributed by atoms with E-state index >= 15 is 0 Å². The molecular formula is C15H16F3NO. The zero-order valence-electron chi connectivity index (χ0n) is 11.5. The van der Waals surface area contributed by atoms with E-state index in [4.69, 9.17) is 5.73 Å². The van der Waals surface area contributed by atoms with E-state index in [1.165, 1.54) is 6.07 Å². The Morgan fingerprint density at radius 1 is 1.15 bits per heavy atom. The first-order valence-electron chi connectivity index (χ1n) is 6.17. The van der Waals surface area contributed by atoms with Gasteiger partial charge in [-0.15, -0.1) is 0 Å². The van der Waals surface area contributed by atoms with Gasteiger partial charge in [0, 0.05) is 11.1 Å². The van der Waals surface area contributed by atoms with Gasteiger partial charge in [-0.2, -0.15) is 8.78 Å². The van der Waals surface area contributed by atoms with Crippen LogP contribution in [0.4, 0.5) is 18.9 Å². The summed E-state index contributed by atoms with van der Waals surface area (Å²) >= 11 is 0. The van der Waals surface area contributed by atoms with Crippen LogP contribution < -0.4 is 10.5 Å². The number of anilines is 1. The van der Waals surface area contributed by atoms with Crippen molar-refractivity contribution in [3.05, 3.63) is 35.6 Å². The molecule has 0 saturated heterocycles. The number of alkyl halides is 2. The molecule has 0 aliphatic heterocycles. The lowest BCUT2D eigenvalue weighted by atomic mass is 9.83. The number of hydrogen-bond donors (Lipinski definition) is 1. The first kappa shape index (κ1) is 14.5. The van der Waals surface area contributed by atoms with Crippen molar-refractivity contribution in [2.24, 2.45) is 0 Å². The Balaban J connectivity index is 2.87. The number of rotatable bonds is 2. The zero-order valence-corrected chi connectivity index (χ0v) is 11.5. The largest absolute Gasteiger partial charge is 0.431 e. The van der Waals surface area contributed by atoms with Crippen LogP contribution >= 0.6 is 0 Å². The fourth-order valence-electron chi connectivity index (χ4n) is 2.23. The van der Waals surface area contributed by atoms with Crippen LogP contribution in [0, 0.1) is 5.82 Å². The average Bonchev–Trinajstić information content (AvgIpc) is 2.30. The van der Waals surface area contributed by atoms with Gasteiger partial charge in [-0.1, -0.05) is 26.8 Å². The third-order valence-electron chi connectivity index (χ3n) is 3.06. The number of ether oxygens (including phenoxy) is 1. The molecule has 0 atom stereocenters. The maximum Gasteiger partial charge on any atom is 0.387 e. The number of nitrogen functional groups attached to an aromatic ring is 1. The van der Waals surface area contributed by atoms with Gasteiger partial charge < -0.3 is 10.5 Å². The minimum absolute atomic E-state index is 0.340. The van der Waals surface area contributed by atoms with Crippen LogP contribution in [0.2, 0.25) is 0 Å². The topological polar surface area (TPSA) is 35.2 Å². The van der Waals surface area contributed by atoms with E-state index < -0.39 is 18.2 Å². The first-order chi connectivity index (χ1) is 9.20. The zero-order chi connectivity index (χ0) is 15.1. The van der Waals surface area contributed by atoms with Crippen molar-refractivity contribution in [2.75, 3.05) is 5.73 Å². The molecule has 0 heterocycles. The first-order valence-corrected chi connectivity index (χ1v) is 6.17. The predicted molar refractivity (Wildman–Crippen MR) is 73.7 cm³/mol. The molecule has 20 heavy (non-hydrogen) atoms. The van der Waals surface area contributed by atoms with E-state index in [0.717, 1.165) is 6.07 Å². The van der Waals surface area contributed by atoms with Crippen molar-refractivity contribution in [2.45, 2.75) is 32.8 Å². The fourth-order valence-corrected chi connectivity index (χ4v) is 2.23. The van der Waals surface area contributed by atoms with Gasteiger partial charge in [-0.05, 0) is 34.6 Å². The highest BCUT2D eigenvalue weighted by Crippen LogP contribution is 2.39. The molecule has 0 saturated carbocycles. The highest BCUT2D eigenvalue weighted by molar-refractivity contribution is 5.94. The Hall–Kier alpha value is -1.91. The molecule has 2 aromatic rings. The van der Waals surface area contributed by atoms with E-state index in [1.54, 1.807) is 12.1 Å². The van der Waals surface area contributed by atoms with Gasteiger partial charge in [-0.3, -0.25) is 0 Å². The molecule has 0 amide bonds. The smallest absolute Gasteiger partial charge is 0.387 e. The van der Waals surface area contributed by atoms with Crippen LogP contribution in [0.1, 0.15) is 26.3 Å². The summed E-state index contributed by atoms with van der Waals surface area (Å²) < 4.78 is 43.3. The minimum atomic E-state index is -3.08. The van der Waals surface area contributed by atoms with Crippen molar-refractivity contribution >= 4 is 16.5 Å².